The summed E-state index contributed by atoms with van der Waals surface area (Å²) in [7, 11) is 0. The summed E-state index contributed by atoms with van der Waals surface area (Å²) in [5.74, 6) is 0.387. The van der Waals surface area contributed by atoms with Gasteiger partial charge in [0.05, 0.1) is 6.04 Å². The van der Waals surface area contributed by atoms with Crippen LogP contribution in [0, 0.1) is 11.7 Å². The highest BCUT2D eigenvalue weighted by Gasteiger charge is 2.26. The summed E-state index contributed by atoms with van der Waals surface area (Å²) in [6, 6.07) is 6.61. The van der Waals surface area contributed by atoms with Gasteiger partial charge in [-0.1, -0.05) is 20.8 Å². The fraction of sp³-hybridized carbons (Fsp3) is 0.632. The van der Waals surface area contributed by atoms with Crippen LogP contribution in [0.3, 0.4) is 0 Å². The molecule has 0 spiro atoms. The number of hydrogen-bond donors (Lipinski definition) is 1. The van der Waals surface area contributed by atoms with Crippen molar-refractivity contribution < 1.29 is 9.18 Å². The molecule has 5 heteroatoms. The Morgan fingerprint density at radius 2 is 1.96 bits per heavy atom. The van der Waals surface area contributed by atoms with E-state index in [-0.39, 0.29) is 17.8 Å². The average Bonchev–Trinajstić information content (AvgIpc) is 3.07. The number of amides is 1. The van der Waals surface area contributed by atoms with Gasteiger partial charge >= 0.3 is 0 Å². The second-order valence-electron chi connectivity index (χ2n) is 6.47. The molecule has 1 aliphatic rings. The molecular weight excluding hydrogens is 305 g/mol. The first-order valence-corrected chi connectivity index (χ1v) is 9.11. The standard InChI is InChI=1S/C19H30FN3O/c1-4-18(22(5-2)6-3)19(24)21-13-15-11-12-23(14-15)17-9-7-16(20)8-10-17/h7-10,15,18H,4-6,11-14H2,1-3H3,(H,21,24). The van der Waals surface area contributed by atoms with Crippen molar-refractivity contribution in [1.29, 1.82) is 0 Å². The molecule has 1 amide bonds. The minimum atomic E-state index is -0.205. The zero-order chi connectivity index (χ0) is 17.5. The molecule has 0 aliphatic carbocycles. The van der Waals surface area contributed by atoms with Gasteiger partial charge in [0, 0.05) is 25.3 Å². The maximum absolute atomic E-state index is 13.0. The third-order valence-corrected chi connectivity index (χ3v) is 4.99. The summed E-state index contributed by atoms with van der Waals surface area (Å²) in [4.78, 5) is 16.9. The highest BCUT2D eigenvalue weighted by molar-refractivity contribution is 5.81. The number of nitrogens with one attached hydrogen (secondary N) is 1. The second-order valence-corrected chi connectivity index (χ2v) is 6.47. The third-order valence-electron chi connectivity index (χ3n) is 4.99. The van der Waals surface area contributed by atoms with Crippen molar-refractivity contribution in [3.05, 3.63) is 30.1 Å². The summed E-state index contributed by atoms with van der Waals surface area (Å²) < 4.78 is 13.0. The van der Waals surface area contributed by atoms with Crippen LogP contribution in [-0.4, -0.2) is 49.6 Å². The van der Waals surface area contributed by atoms with Gasteiger partial charge in [-0.15, -0.1) is 0 Å². The van der Waals surface area contributed by atoms with Crippen molar-refractivity contribution in [2.24, 2.45) is 5.92 Å². The summed E-state index contributed by atoms with van der Waals surface area (Å²) in [6.07, 6.45) is 1.89. The molecule has 1 N–H and O–H groups in total. The van der Waals surface area contributed by atoms with Gasteiger partial charge in [-0.3, -0.25) is 9.69 Å². The zero-order valence-electron chi connectivity index (χ0n) is 15.1. The number of likely N-dealkylation sites (N-methyl/N-ethyl adjacent to an activating group) is 1. The molecule has 2 rings (SSSR count). The lowest BCUT2D eigenvalue weighted by molar-refractivity contribution is -0.126. The smallest absolute Gasteiger partial charge is 0.237 e. The average molecular weight is 335 g/mol. The fourth-order valence-electron chi connectivity index (χ4n) is 3.52. The molecule has 2 unspecified atom stereocenters. The molecule has 0 aromatic heterocycles. The van der Waals surface area contributed by atoms with Gasteiger partial charge in [-0.05, 0) is 56.1 Å². The number of nitrogens with zero attached hydrogens (tertiary/aromatic N) is 2. The lowest BCUT2D eigenvalue weighted by Crippen LogP contribution is -2.47. The maximum Gasteiger partial charge on any atom is 0.237 e. The van der Waals surface area contributed by atoms with E-state index in [1.807, 2.05) is 12.1 Å². The van der Waals surface area contributed by atoms with E-state index in [1.54, 1.807) is 0 Å². The van der Waals surface area contributed by atoms with Gasteiger partial charge in [0.15, 0.2) is 0 Å². The van der Waals surface area contributed by atoms with E-state index in [9.17, 15) is 9.18 Å². The number of rotatable bonds is 8. The summed E-state index contributed by atoms with van der Waals surface area (Å²) in [5, 5.41) is 3.14. The largest absolute Gasteiger partial charge is 0.371 e. The molecule has 1 aromatic carbocycles. The Labute approximate surface area is 145 Å². The SMILES string of the molecule is CCC(C(=O)NCC1CCN(c2ccc(F)cc2)C1)N(CC)CC. The molecule has 1 heterocycles. The topological polar surface area (TPSA) is 35.6 Å². The number of benzene rings is 1. The molecule has 0 radical (unpaired) electrons. The monoisotopic (exact) mass is 335 g/mol. The molecule has 134 valence electrons. The molecular formula is C19H30FN3O. The van der Waals surface area contributed by atoms with Crippen molar-refractivity contribution in [2.75, 3.05) is 37.6 Å². The van der Waals surface area contributed by atoms with Gasteiger partial charge in [0.2, 0.25) is 5.91 Å². The van der Waals surface area contributed by atoms with Crippen molar-refractivity contribution in [3.8, 4) is 0 Å². The van der Waals surface area contributed by atoms with Crippen LogP contribution in [0.1, 0.15) is 33.6 Å². The lowest BCUT2D eigenvalue weighted by atomic mass is 10.1. The van der Waals surface area contributed by atoms with E-state index in [0.717, 1.165) is 44.7 Å². The van der Waals surface area contributed by atoms with Crippen molar-refractivity contribution in [2.45, 2.75) is 39.7 Å². The summed E-state index contributed by atoms with van der Waals surface area (Å²) in [5.41, 5.74) is 1.06. The number of anilines is 1. The highest BCUT2D eigenvalue weighted by atomic mass is 19.1. The van der Waals surface area contributed by atoms with E-state index in [1.165, 1.54) is 12.1 Å². The van der Waals surface area contributed by atoms with Crippen molar-refractivity contribution in [3.63, 3.8) is 0 Å². The highest BCUT2D eigenvalue weighted by Crippen LogP contribution is 2.23. The van der Waals surface area contributed by atoms with Gasteiger partial charge < -0.3 is 10.2 Å². The molecule has 1 saturated heterocycles. The van der Waals surface area contributed by atoms with Crippen LogP contribution in [0.15, 0.2) is 24.3 Å². The lowest BCUT2D eigenvalue weighted by Gasteiger charge is -2.28. The van der Waals surface area contributed by atoms with Gasteiger partial charge in [-0.2, -0.15) is 0 Å². The van der Waals surface area contributed by atoms with E-state index in [0.29, 0.717) is 12.5 Å². The van der Waals surface area contributed by atoms with Crippen LogP contribution in [0.2, 0.25) is 0 Å². The molecule has 2 atom stereocenters. The Hall–Kier alpha value is -1.62. The Bertz CT molecular complexity index is 516. The Balaban J connectivity index is 1.82. The third kappa shape index (κ3) is 4.69. The molecule has 1 aromatic rings. The number of carbonyl (C=O) groups is 1. The van der Waals surface area contributed by atoms with Crippen molar-refractivity contribution in [1.82, 2.24) is 10.2 Å². The van der Waals surface area contributed by atoms with Crippen LogP contribution in [0.4, 0.5) is 10.1 Å². The first kappa shape index (κ1) is 18.7. The van der Waals surface area contributed by atoms with E-state index >= 15 is 0 Å². The molecule has 24 heavy (non-hydrogen) atoms. The number of halogens is 1. The van der Waals surface area contributed by atoms with Crippen molar-refractivity contribution >= 4 is 11.6 Å². The van der Waals surface area contributed by atoms with E-state index < -0.39 is 0 Å². The number of carbonyl (C=O) groups excluding carboxylic acids is 1. The fourth-order valence-corrected chi connectivity index (χ4v) is 3.52. The van der Waals surface area contributed by atoms with Crippen LogP contribution < -0.4 is 10.2 Å². The first-order chi connectivity index (χ1) is 11.6. The molecule has 0 bridgehead atoms. The predicted molar refractivity (Wildman–Crippen MR) is 96.7 cm³/mol. The van der Waals surface area contributed by atoms with Crippen LogP contribution in [-0.2, 0) is 4.79 Å². The first-order valence-electron chi connectivity index (χ1n) is 9.11. The van der Waals surface area contributed by atoms with Gasteiger partial charge in [0.25, 0.3) is 0 Å². The van der Waals surface area contributed by atoms with Gasteiger partial charge in [0.1, 0.15) is 5.82 Å². The van der Waals surface area contributed by atoms with Gasteiger partial charge in [-0.25, -0.2) is 4.39 Å². The minimum absolute atomic E-state index is 0.0328. The van der Waals surface area contributed by atoms with Crippen LogP contribution in [0.25, 0.3) is 0 Å². The second kappa shape index (κ2) is 9.02. The van der Waals surface area contributed by atoms with Crippen LogP contribution >= 0.6 is 0 Å². The minimum Gasteiger partial charge on any atom is -0.371 e. The maximum atomic E-state index is 13.0. The number of hydrogen-bond acceptors (Lipinski definition) is 3. The predicted octanol–water partition coefficient (Wildman–Crippen LogP) is 2.89. The quantitative estimate of drug-likeness (QED) is 0.793. The molecule has 1 fully saturated rings. The normalized spacial score (nSPS) is 18.9. The van der Waals surface area contributed by atoms with E-state index in [2.05, 4.69) is 35.9 Å². The van der Waals surface area contributed by atoms with Crippen LogP contribution in [0.5, 0.6) is 0 Å². The summed E-state index contributed by atoms with van der Waals surface area (Å²) in [6.45, 7) is 10.6. The summed E-state index contributed by atoms with van der Waals surface area (Å²) >= 11 is 0. The molecule has 1 aliphatic heterocycles. The Kier molecular flexibility index (Phi) is 7.03. The van der Waals surface area contributed by atoms with E-state index in [4.69, 9.17) is 0 Å². The zero-order valence-corrected chi connectivity index (χ0v) is 15.1. The Morgan fingerprint density at radius 3 is 2.54 bits per heavy atom. The molecule has 0 saturated carbocycles. The molecule has 4 nitrogen and oxygen atoms in total. The Morgan fingerprint density at radius 1 is 1.29 bits per heavy atom.